The third-order valence-electron chi connectivity index (χ3n) is 9.59. The molecule has 40 heavy (non-hydrogen) atoms. The van der Waals surface area contributed by atoms with Gasteiger partial charge in [0.15, 0.2) is 5.78 Å². The average molecular weight is 539 g/mol. The van der Waals surface area contributed by atoms with Crippen LogP contribution in [0.2, 0.25) is 0 Å². The number of Topliss-reactive ketones (excluding diaryl/α,β-unsaturated/α-hetero) is 1. The maximum absolute atomic E-state index is 14.2. The maximum Gasteiger partial charge on any atom is 0.322 e. The second kappa shape index (κ2) is 10.2. The van der Waals surface area contributed by atoms with Gasteiger partial charge in [-0.2, -0.15) is 0 Å². The topological polar surface area (TPSA) is 105 Å². The number of hydrogen-bond donors (Lipinski definition) is 3. The molecule has 3 aliphatic carbocycles. The normalized spacial score (nSPS) is 27.9. The SMILES string of the molecule is COc1ccccc1CC(=O)C1NCC2(CC(=O)NCC(=O)O)C3CCC(c4ccccc4)(c4ccccc43)C12. The van der Waals surface area contributed by atoms with Crippen molar-refractivity contribution in [1.82, 2.24) is 10.6 Å². The number of carbonyl (C=O) groups is 3. The summed E-state index contributed by atoms with van der Waals surface area (Å²) in [6, 6.07) is 26.0. The molecule has 0 spiro atoms. The third kappa shape index (κ3) is 4.03. The van der Waals surface area contributed by atoms with Gasteiger partial charge in [-0.25, -0.2) is 0 Å². The zero-order chi connectivity index (χ0) is 27.9. The van der Waals surface area contributed by atoms with Crippen LogP contribution in [-0.4, -0.2) is 49.0 Å². The molecule has 7 heteroatoms. The number of carbonyl (C=O) groups excluding carboxylic acids is 2. The van der Waals surface area contributed by atoms with Crippen LogP contribution >= 0.6 is 0 Å². The Hall–Kier alpha value is -3.97. The highest BCUT2D eigenvalue weighted by molar-refractivity contribution is 5.89. The number of amides is 1. The molecule has 4 aliphatic rings. The van der Waals surface area contributed by atoms with Gasteiger partial charge < -0.3 is 20.5 Å². The number of carboxylic acid groups (broad SMARTS) is 1. The Labute approximate surface area is 233 Å². The summed E-state index contributed by atoms with van der Waals surface area (Å²) >= 11 is 0. The molecular formula is C33H34N2O5. The van der Waals surface area contributed by atoms with E-state index in [-0.39, 0.29) is 36.4 Å². The van der Waals surface area contributed by atoms with E-state index in [0.29, 0.717) is 12.3 Å². The highest BCUT2D eigenvalue weighted by Gasteiger charge is 2.69. The number of nitrogens with one attached hydrogen (secondary N) is 2. The molecule has 1 heterocycles. The first-order valence-electron chi connectivity index (χ1n) is 13.9. The first-order valence-corrected chi connectivity index (χ1v) is 13.9. The smallest absolute Gasteiger partial charge is 0.322 e. The van der Waals surface area contributed by atoms with Crippen LogP contribution in [0.1, 0.15) is 47.4 Å². The van der Waals surface area contributed by atoms with Crippen LogP contribution in [0.4, 0.5) is 0 Å². The quantitative estimate of drug-likeness (QED) is 0.382. The average Bonchev–Trinajstić information content (AvgIpc) is 3.39. The number of methoxy groups -OCH3 is 1. The fourth-order valence-corrected chi connectivity index (χ4v) is 8.26. The summed E-state index contributed by atoms with van der Waals surface area (Å²) in [5.74, 6) is -0.724. The zero-order valence-electron chi connectivity index (χ0n) is 22.6. The molecule has 1 saturated heterocycles. The van der Waals surface area contributed by atoms with E-state index in [1.54, 1.807) is 7.11 Å². The van der Waals surface area contributed by atoms with Gasteiger partial charge in [0.05, 0.1) is 13.2 Å². The number of fused-ring (bicyclic) bond motifs is 1. The van der Waals surface area contributed by atoms with Crippen molar-refractivity contribution in [2.24, 2.45) is 11.3 Å². The highest BCUT2D eigenvalue weighted by Crippen LogP contribution is 2.70. The molecule has 2 fully saturated rings. The van der Waals surface area contributed by atoms with Crippen molar-refractivity contribution in [3.8, 4) is 5.75 Å². The minimum atomic E-state index is -1.08. The fourth-order valence-electron chi connectivity index (χ4n) is 8.26. The summed E-state index contributed by atoms with van der Waals surface area (Å²) in [5, 5.41) is 15.4. The van der Waals surface area contributed by atoms with Crippen molar-refractivity contribution in [1.29, 1.82) is 0 Å². The summed E-state index contributed by atoms with van der Waals surface area (Å²) in [6.07, 6.45) is 2.15. The van der Waals surface area contributed by atoms with Crippen LogP contribution in [0.15, 0.2) is 78.9 Å². The Balaban J connectivity index is 1.49. The van der Waals surface area contributed by atoms with E-state index in [1.165, 1.54) is 11.1 Å². The number of aliphatic carboxylic acids is 1. The van der Waals surface area contributed by atoms with Gasteiger partial charge >= 0.3 is 5.97 Å². The summed E-state index contributed by atoms with van der Waals surface area (Å²) in [7, 11) is 1.61. The van der Waals surface area contributed by atoms with E-state index in [1.807, 2.05) is 42.5 Å². The van der Waals surface area contributed by atoms with Crippen LogP contribution in [0.3, 0.4) is 0 Å². The highest BCUT2D eigenvalue weighted by atomic mass is 16.5. The lowest BCUT2D eigenvalue weighted by Crippen LogP contribution is -2.61. The van der Waals surface area contributed by atoms with Crippen molar-refractivity contribution in [2.75, 3.05) is 20.2 Å². The van der Waals surface area contributed by atoms with E-state index in [0.717, 1.165) is 24.0 Å². The van der Waals surface area contributed by atoms with Crippen molar-refractivity contribution in [2.45, 2.75) is 43.1 Å². The van der Waals surface area contributed by atoms with Gasteiger partial charge in [-0.15, -0.1) is 0 Å². The molecule has 3 N–H and O–H groups in total. The predicted octanol–water partition coefficient (Wildman–Crippen LogP) is 3.85. The third-order valence-corrected chi connectivity index (χ3v) is 9.59. The number of hydrogen-bond acceptors (Lipinski definition) is 5. The van der Waals surface area contributed by atoms with Gasteiger partial charge in [-0.05, 0) is 41.5 Å². The molecule has 3 aromatic rings. The molecule has 7 rings (SSSR count). The number of para-hydroxylation sites is 1. The lowest BCUT2D eigenvalue weighted by molar-refractivity contribution is -0.138. The van der Waals surface area contributed by atoms with Gasteiger partial charge in [0.2, 0.25) is 5.91 Å². The van der Waals surface area contributed by atoms with E-state index in [9.17, 15) is 19.5 Å². The summed E-state index contributed by atoms with van der Waals surface area (Å²) in [4.78, 5) is 38.8. The van der Waals surface area contributed by atoms with E-state index in [2.05, 4.69) is 47.0 Å². The van der Waals surface area contributed by atoms with E-state index in [4.69, 9.17) is 4.74 Å². The van der Waals surface area contributed by atoms with Crippen LogP contribution in [0.5, 0.6) is 5.75 Å². The Morgan fingerprint density at radius 1 is 1.00 bits per heavy atom. The molecule has 3 aromatic carbocycles. The van der Waals surface area contributed by atoms with E-state index >= 15 is 0 Å². The van der Waals surface area contributed by atoms with Gasteiger partial charge in [-0.1, -0.05) is 72.8 Å². The Kier molecular flexibility index (Phi) is 6.70. The second-order valence-electron chi connectivity index (χ2n) is 11.4. The molecule has 0 radical (unpaired) electrons. The second-order valence-corrected chi connectivity index (χ2v) is 11.4. The van der Waals surface area contributed by atoms with Crippen molar-refractivity contribution < 1.29 is 24.2 Å². The molecule has 5 unspecified atom stereocenters. The van der Waals surface area contributed by atoms with Crippen LogP contribution < -0.4 is 15.4 Å². The van der Waals surface area contributed by atoms with Crippen LogP contribution in [0, 0.1) is 11.3 Å². The molecule has 1 aliphatic heterocycles. The number of carboxylic acids is 1. The number of benzene rings is 3. The molecular weight excluding hydrogens is 504 g/mol. The summed E-state index contributed by atoms with van der Waals surface area (Å²) in [6.45, 7) is 0.0856. The Morgan fingerprint density at radius 2 is 1.73 bits per heavy atom. The Morgan fingerprint density at radius 3 is 2.50 bits per heavy atom. The van der Waals surface area contributed by atoms with Crippen molar-refractivity contribution in [3.63, 3.8) is 0 Å². The Bertz CT molecular complexity index is 1460. The zero-order valence-corrected chi connectivity index (χ0v) is 22.6. The summed E-state index contributed by atoms with van der Waals surface area (Å²) < 4.78 is 5.55. The number of rotatable bonds is 9. The monoisotopic (exact) mass is 538 g/mol. The fraction of sp³-hybridized carbons (Fsp3) is 0.364. The number of ether oxygens (including phenoxy) is 1. The molecule has 2 bridgehead atoms. The minimum absolute atomic E-state index is 0.0719. The predicted molar refractivity (Wildman–Crippen MR) is 150 cm³/mol. The standard InChI is InChI=1S/C33H34N2O5/c1-40-27-14-8-5-9-21(27)17-26(36)30-31-32(20-35-30,18-28(37)34-19-29(38)39)24-15-16-33(31,22-10-3-2-4-11-22)25-13-7-6-12-23(24)25/h2-14,24,30-31,35H,15-20H2,1H3,(H,34,37)(H,38,39). The molecule has 1 saturated carbocycles. The lowest BCUT2D eigenvalue weighted by atomic mass is 9.40. The first kappa shape index (κ1) is 26.3. The summed E-state index contributed by atoms with van der Waals surface area (Å²) in [5.41, 5.74) is 3.45. The first-order chi connectivity index (χ1) is 19.4. The molecule has 7 nitrogen and oxygen atoms in total. The van der Waals surface area contributed by atoms with E-state index < -0.39 is 29.4 Å². The van der Waals surface area contributed by atoms with Gasteiger partial charge in [0.1, 0.15) is 12.3 Å². The van der Waals surface area contributed by atoms with Gasteiger partial charge in [0.25, 0.3) is 0 Å². The molecule has 206 valence electrons. The molecule has 0 aromatic heterocycles. The largest absolute Gasteiger partial charge is 0.496 e. The van der Waals surface area contributed by atoms with Gasteiger partial charge in [0, 0.05) is 41.7 Å². The minimum Gasteiger partial charge on any atom is -0.496 e. The van der Waals surface area contributed by atoms with Gasteiger partial charge in [-0.3, -0.25) is 14.4 Å². The maximum atomic E-state index is 14.2. The van der Waals surface area contributed by atoms with Crippen molar-refractivity contribution >= 4 is 17.7 Å². The molecule has 5 atom stereocenters. The van der Waals surface area contributed by atoms with Crippen LogP contribution in [0.25, 0.3) is 0 Å². The number of ketones is 1. The molecule has 1 amide bonds. The van der Waals surface area contributed by atoms with Crippen LogP contribution in [-0.2, 0) is 26.2 Å². The lowest BCUT2D eigenvalue weighted by Gasteiger charge is -2.62. The van der Waals surface area contributed by atoms with Crippen molar-refractivity contribution in [3.05, 3.63) is 101 Å².